The molecular weight excluding hydrogens is 416 g/mol. The number of amides is 2. The Morgan fingerprint density at radius 2 is 1.77 bits per heavy atom. The number of aromatic nitrogens is 2. The molecule has 0 radical (unpaired) electrons. The lowest BCUT2D eigenvalue weighted by Crippen LogP contribution is -2.35. The zero-order chi connectivity index (χ0) is 22.4. The molecule has 2 aromatic carbocycles. The van der Waals surface area contributed by atoms with Crippen LogP contribution in [-0.2, 0) is 11.3 Å². The highest BCUT2D eigenvalue weighted by atomic mass is 32.2. The average Bonchev–Trinajstić information content (AvgIpc) is 2.80. The number of anilines is 1. The van der Waals surface area contributed by atoms with Crippen molar-refractivity contribution in [3.63, 3.8) is 0 Å². The minimum Gasteiger partial charge on any atom is -0.497 e. The largest absolute Gasteiger partial charge is 0.497 e. The van der Waals surface area contributed by atoms with Gasteiger partial charge in [0.1, 0.15) is 17.9 Å². The SMILES string of the molecule is CNC(=O)c1cc(-c2ccc(OC)cc2)nn(CC(=O)Nc2ccc(SC)cc2)c1=O. The number of ether oxygens (including phenoxy) is 1. The van der Waals surface area contributed by atoms with Crippen molar-refractivity contribution < 1.29 is 14.3 Å². The van der Waals surface area contributed by atoms with Crippen molar-refractivity contribution >= 4 is 29.3 Å². The number of benzene rings is 2. The molecule has 31 heavy (non-hydrogen) atoms. The third kappa shape index (κ3) is 5.32. The van der Waals surface area contributed by atoms with Crippen LogP contribution in [0.1, 0.15) is 10.4 Å². The minimum atomic E-state index is -0.649. The summed E-state index contributed by atoms with van der Waals surface area (Å²) in [5, 5.41) is 9.49. The quantitative estimate of drug-likeness (QED) is 0.550. The summed E-state index contributed by atoms with van der Waals surface area (Å²) in [5.41, 5.74) is 0.921. The second kappa shape index (κ2) is 9.94. The molecule has 8 nitrogen and oxygen atoms in total. The summed E-state index contributed by atoms with van der Waals surface area (Å²) in [6, 6.07) is 15.8. The van der Waals surface area contributed by atoms with E-state index in [1.54, 1.807) is 55.3 Å². The maximum atomic E-state index is 12.8. The first kappa shape index (κ1) is 22.1. The molecule has 0 saturated carbocycles. The number of nitrogens with one attached hydrogen (secondary N) is 2. The van der Waals surface area contributed by atoms with Gasteiger partial charge in [-0.3, -0.25) is 14.4 Å². The number of methoxy groups -OCH3 is 1. The van der Waals surface area contributed by atoms with Gasteiger partial charge in [-0.05, 0) is 60.9 Å². The van der Waals surface area contributed by atoms with Gasteiger partial charge < -0.3 is 15.4 Å². The summed E-state index contributed by atoms with van der Waals surface area (Å²) in [4.78, 5) is 38.6. The first-order valence-electron chi connectivity index (χ1n) is 9.37. The predicted octanol–water partition coefficient (Wildman–Crippen LogP) is 2.64. The number of thioether (sulfide) groups is 1. The first-order chi connectivity index (χ1) is 14.9. The Morgan fingerprint density at radius 1 is 1.10 bits per heavy atom. The van der Waals surface area contributed by atoms with Crippen LogP contribution >= 0.6 is 11.8 Å². The first-order valence-corrected chi connectivity index (χ1v) is 10.6. The lowest BCUT2D eigenvalue weighted by Gasteiger charge is -2.11. The maximum absolute atomic E-state index is 12.8. The molecule has 2 amide bonds. The Labute approximate surface area is 183 Å². The van der Waals surface area contributed by atoms with Gasteiger partial charge in [-0.2, -0.15) is 5.10 Å². The Bertz CT molecular complexity index is 1140. The molecule has 160 valence electrons. The lowest BCUT2D eigenvalue weighted by atomic mass is 10.1. The number of hydrogen-bond acceptors (Lipinski definition) is 6. The Hall–Kier alpha value is -3.59. The van der Waals surface area contributed by atoms with Gasteiger partial charge in [0.05, 0.1) is 12.8 Å². The fourth-order valence-corrected chi connectivity index (χ4v) is 3.27. The van der Waals surface area contributed by atoms with Gasteiger partial charge >= 0.3 is 0 Å². The molecule has 0 aliphatic heterocycles. The van der Waals surface area contributed by atoms with Gasteiger partial charge in [-0.25, -0.2) is 4.68 Å². The van der Waals surface area contributed by atoms with Gasteiger partial charge in [-0.1, -0.05) is 0 Å². The van der Waals surface area contributed by atoms with E-state index in [0.29, 0.717) is 22.7 Å². The topological polar surface area (TPSA) is 102 Å². The van der Waals surface area contributed by atoms with Gasteiger partial charge in [0, 0.05) is 23.2 Å². The molecule has 0 fully saturated rings. The summed E-state index contributed by atoms with van der Waals surface area (Å²) in [7, 11) is 2.99. The Morgan fingerprint density at radius 3 is 2.35 bits per heavy atom. The highest BCUT2D eigenvalue weighted by molar-refractivity contribution is 7.98. The average molecular weight is 439 g/mol. The van der Waals surface area contributed by atoms with Crippen LogP contribution < -0.4 is 20.9 Å². The van der Waals surface area contributed by atoms with Crippen LogP contribution in [0.2, 0.25) is 0 Å². The van der Waals surface area contributed by atoms with Gasteiger partial charge in [0.15, 0.2) is 0 Å². The van der Waals surface area contributed by atoms with E-state index >= 15 is 0 Å². The fourth-order valence-electron chi connectivity index (χ4n) is 2.86. The summed E-state index contributed by atoms with van der Waals surface area (Å²) in [6.45, 7) is -0.336. The Kier molecular flexibility index (Phi) is 7.09. The molecule has 0 bridgehead atoms. The van der Waals surface area contributed by atoms with E-state index in [-0.39, 0.29) is 12.1 Å². The highest BCUT2D eigenvalue weighted by Crippen LogP contribution is 2.21. The second-order valence-electron chi connectivity index (χ2n) is 6.49. The molecule has 3 aromatic rings. The maximum Gasteiger partial charge on any atom is 0.280 e. The molecule has 0 aliphatic rings. The standard InChI is InChI=1S/C22H22N4O4S/c1-23-21(28)18-12-19(14-4-8-16(30-2)9-5-14)25-26(22(18)29)13-20(27)24-15-6-10-17(31-3)11-7-15/h4-12H,13H2,1-3H3,(H,23,28)(H,24,27). The third-order valence-corrected chi connectivity index (χ3v) is 5.24. The van der Waals surface area contributed by atoms with E-state index in [4.69, 9.17) is 4.74 Å². The Balaban J connectivity index is 1.92. The molecule has 0 spiro atoms. The van der Waals surface area contributed by atoms with E-state index in [1.807, 2.05) is 18.4 Å². The number of carbonyl (C=O) groups is 2. The molecule has 9 heteroatoms. The molecule has 0 saturated heterocycles. The molecular formula is C22H22N4O4S. The molecule has 3 rings (SSSR count). The third-order valence-electron chi connectivity index (χ3n) is 4.50. The van der Waals surface area contributed by atoms with Gasteiger partial charge in [0.25, 0.3) is 11.5 Å². The zero-order valence-corrected chi connectivity index (χ0v) is 18.2. The second-order valence-corrected chi connectivity index (χ2v) is 7.37. The van der Waals surface area contributed by atoms with Crippen molar-refractivity contribution in [1.29, 1.82) is 0 Å². The summed E-state index contributed by atoms with van der Waals surface area (Å²) in [5.74, 6) is -0.319. The smallest absolute Gasteiger partial charge is 0.280 e. The van der Waals surface area contributed by atoms with Crippen LogP contribution in [0.5, 0.6) is 5.75 Å². The van der Waals surface area contributed by atoms with E-state index in [1.165, 1.54) is 13.1 Å². The molecule has 1 heterocycles. The van der Waals surface area contributed by atoms with Crippen LogP contribution in [0.4, 0.5) is 5.69 Å². The minimum absolute atomic E-state index is 0.0968. The van der Waals surface area contributed by atoms with Crippen LogP contribution in [-0.4, -0.2) is 42.0 Å². The monoisotopic (exact) mass is 438 g/mol. The highest BCUT2D eigenvalue weighted by Gasteiger charge is 2.17. The lowest BCUT2D eigenvalue weighted by molar-refractivity contribution is -0.117. The van der Waals surface area contributed by atoms with Gasteiger partial charge in [-0.15, -0.1) is 11.8 Å². The summed E-state index contributed by atoms with van der Waals surface area (Å²) < 4.78 is 6.15. The molecule has 0 atom stereocenters. The van der Waals surface area contributed by atoms with Crippen molar-refractivity contribution in [2.75, 3.05) is 25.7 Å². The van der Waals surface area contributed by atoms with Crippen molar-refractivity contribution in [3.05, 3.63) is 70.5 Å². The number of rotatable bonds is 7. The number of carbonyl (C=O) groups excluding carboxylic acids is 2. The number of hydrogen-bond donors (Lipinski definition) is 2. The summed E-state index contributed by atoms with van der Waals surface area (Å²) >= 11 is 1.60. The van der Waals surface area contributed by atoms with E-state index in [0.717, 1.165) is 9.58 Å². The van der Waals surface area contributed by atoms with Crippen molar-refractivity contribution in [3.8, 4) is 17.0 Å². The van der Waals surface area contributed by atoms with Crippen molar-refractivity contribution in [2.45, 2.75) is 11.4 Å². The van der Waals surface area contributed by atoms with Crippen LogP contribution in [0, 0.1) is 0 Å². The molecule has 2 N–H and O–H groups in total. The van der Waals surface area contributed by atoms with Crippen LogP contribution in [0.25, 0.3) is 11.3 Å². The van der Waals surface area contributed by atoms with Crippen LogP contribution in [0.15, 0.2) is 64.3 Å². The van der Waals surface area contributed by atoms with Gasteiger partial charge in [0.2, 0.25) is 5.91 Å². The van der Waals surface area contributed by atoms with Crippen molar-refractivity contribution in [1.82, 2.24) is 15.1 Å². The fraction of sp³-hybridized carbons (Fsp3) is 0.182. The van der Waals surface area contributed by atoms with E-state index < -0.39 is 17.4 Å². The normalized spacial score (nSPS) is 10.4. The predicted molar refractivity (Wildman–Crippen MR) is 121 cm³/mol. The molecule has 0 aliphatic carbocycles. The zero-order valence-electron chi connectivity index (χ0n) is 17.3. The summed E-state index contributed by atoms with van der Waals surface area (Å²) in [6.07, 6.45) is 1.96. The van der Waals surface area contributed by atoms with E-state index in [2.05, 4.69) is 15.7 Å². The number of nitrogens with zero attached hydrogens (tertiary/aromatic N) is 2. The van der Waals surface area contributed by atoms with Crippen LogP contribution in [0.3, 0.4) is 0 Å². The van der Waals surface area contributed by atoms with Crippen molar-refractivity contribution in [2.24, 2.45) is 0 Å². The molecule has 1 aromatic heterocycles. The molecule has 0 unspecified atom stereocenters. The van der Waals surface area contributed by atoms with E-state index in [9.17, 15) is 14.4 Å².